The van der Waals surface area contributed by atoms with Gasteiger partial charge in [0.05, 0.1) is 7.11 Å². The standard InChI is InChI=1S/C16H17NO4/c1-20-14-8-7-13(15(18)9-14)10-17-16(19)21-11-12-5-3-2-4-6-12/h2-9,18H,10-11H2,1H3,(H,17,19). The predicted octanol–water partition coefficient (Wildman–Crippen LogP) is 2.83. The molecule has 0 saturated heterocycles. The van der Waals surface area contributed by atoms with Crippen LogP contribution in [0.1, 0.15) is 11.1 Å². The zero-order chi connectivity index (χ0) is 15.1. The van der Waals surface area contributed by atoms with Crippen molar-refractivity contribution in [3.05, 3.63) is 59.7 Å². The van der Waals surface area contributed by atoms with E-state index in [1.54, 1.807) is 12.1 Å². The summed E-state index contributed by atoms with van der Waals surface area (Å²) in [6.07, 6.45) is -0.533. The van der Waals surface area contributed by atoms with Gasteiger partial charge in [0.15, 0.2) is 0 Å². The number of aromatic hydroxyl groups is 1. The Labute approximate surface area is 123 Å². The number of nitrogens with one attached hydrogen (secondary N) is 1. The molecule has 110 valence electrons. The third kappa shape index (κ3) is 4.42. The van der Waals surface area contributed by atoms with Gasteiger partial charge in [0.1, 0.15) is 18.1 Å². The average molecular weight is 287 g/mol. The van der Waals surface area contributed by atoms with Crippen LogP contribution in [0, 0.1) is 0 Å². The molecule has 2 N–H and O–H groups in total. The molecular formula is C16H17NO4. The Bertz CT molecular complexity index is 598. The number of hydrogen-bond acceptors (Lipinski definition) is 4. The highest BCUT2D eigenvalue weighted by Gasteiger charge is 2.06. The summed E-state index contributed by atoms with van der Waals surface area (Å²) >= 11 is 0. The molecule has 0 radical (unpaired) electrons. The first-order valence-electron chi connectivity index (χ1n) is 6.49. The number of amides is 1. The second kappa shape index (κ2) is 7.19. The summed E-state index contributed by atoms with van der Waals surface area (Å²) in [5, 5.41) is 12.4. The van der Waals surface area contributed by atoms with Gasteiger partial charge in [-0.05, 0) is 17.7 Å². The first-order chi connectivity index (χ1) is 10.2. The van der Waals surface area contributed by atoms with E-state index in [2.05, 4.69) is 5.32 Å². The molecule has 5 nitrogen and oxygen atoms in total. The highest BCUT2D eigenvalue weighted by Crippen LogP contribution is 2.23. The van der Waals surface area contributed by atoms with Crippen LogP contribution in [0.2, 0.25) is 0 Å². The molecule has 0 saturated carbocycles. The van der Waals surface area contributed by atoms with Crippen LogP contribution in [0.25, 0.3) is 0 Å². The smallest absolute Gasteiger partial charge is 0.407 e. The Morgan fingerprint density at radius 1 is 1.19 bits per heavy atom. The lowest BCUT2D eigenvalue weighted by atomic mass is 10.2. The van der Waals surface area contributed by atoms with Gasteiger partial charge in [0, 0.05) is 18.2 Å². The summed E-state index contributed by atoms with van der Waals surface area (Å²) in [5.41, 5.74) is 1.51. The van der Waals surface area contributed by atoms with Gasteiger partial charge >= 0.3 is 6.09 Å². The molecule has 2 aromatic carbocycles. The number of methoxy groups -OCH3 is 1. The van der Waals surface area contributed by atoms with Crippen LogP contribution >= 0.6 is 0 Å². The number of benzene rings is 2. The number of hydrogen-bond donors (Lipinski definition) is 2. The maximum atomic E-state index is 11.6. The highest BCUT2D eigenvalue weighted by atomic mass is 16.5. The normalized spacial score (nSPS) is 9.95. The monoisotopic (exact) mass is 287 g/mol. The van der Waals surface area contributed by atoms with Crippen molar-refractivity contribution < 1.29 is 19.4 Å². The quantitative estimate of drug-likeness (QED) is 0.887. The van der Waals surface area contributed by atoms with Crippen LogP contribution in [-0.2, 0) is 17.9 Å². The van der Waals surface area contributed by atoms with Gasteiger partial charge in [0.25, 0.3) is 0 Å². The van der Waals surface area contributed by atoms with Gasteiger partial charge in [-0.15, -0.1) is 0 Å². The molecule has 0 aliphatic heterocycles. The molecular weight excluding hydrogens is 270 g/mol. The molecule has 0 bridgehead atoms. The van der Waals surface area contributed by atoms with E-state index >= 15 is 0 Å². The van der Waals surface area contributed by atoms with Crippen molar-refractivity contribution >= 4 is 6.09 Å². The molecule has 1 amide bonds. The first kappa shape index (κ1) is 14.7. The van der Waals surface area contributed by atoms with E-state index in [9.17, 15) is 9.90 Å². The third-order valence-electron chi connectivity index (χ3n) is 2.93. The van der Waals surface area contributed by atoms with Gasteiger partial charge in [-0.3, -0.25) is 0 Å². The molecule has 0 aromatic heterocycles. The molecule has 0 unspecified atom stereocenters. The second-order valence-corrected chi connectivity index (χ2v) is 4.41. The molecule has 21 heavy (non-hydrogen) atoms. The van der Waals surface area contributed by atoms with Gasteiger partial charge < -0.3 is 19.9 Å². The molecule has 0 fully saturated rings. The van der Waals surface area contributed by atoms with Crippen LogP contribution in [0.15, 0.2) is 48.5 Å². The topological polar surface area (TPSA) is 67.8 Å². The number of alkyl carbamates (subject to hydrolysis) is 1. The number of rotatable bonds is 5. The van der Waals surface area contributed by atoms with Gasteiger partial charge in [-0.1, -0.05) is 30.3 Å². The van der Waals surface area contributed by atoms with E-state index in [0.29, 0.717) is 11.3 Å². The van der Waals surface area contributed by atoms with E-state index < -0.39 is 6.09 Å². The Balaban J connectivity index is 1.81. The van der Waals surface area contributed by atoms with E-state index in [1.165, 1.54) is 13.2 Å². The van der Waals surface area contributed by atoms with Crippen LogP contribution in [0.4, 0.5) is 4.79 Å². The second-order valence-electron chi connectivity index (χ2n) is 4.41. The van der Waals surface area contributed by atoms with Gasteiger partial charge in [0.2, 0.25) is 0 Å². The summed E-state index contributed by atoms with van der Waals surface area (Å²) in [6, 6.07) is 14.3. The first-order valence-corrected chi connectivity index (χ1v) is 6.49. The Morgan fingerprint density at radius 3 is 2.62 bits per heavy atom. The van der Waals surface area contributed by atoms with Crippen molar-refractivity contribution in [2.75, 3.05) is 7.11 Å². The number of phenols is 1. The summed E-state index contributed by atoms with van der Waals surface area (Å²) in [5.74, 6) is 0.626. The minimum atomic E-state index is -0.533. The maximum absolute atomic E-state index is 11.6. The number of carbonyl (C=O) groups excluding carboxylic acids is 1. The lowest BCUT2D eigenvalue weighted by molar-refractivity contribution is 0.139. The molecule has 0 heterocycles. The van der Waals surface area contributed by atoms with Crippen LogP contribution in [0.3, 0.4) is 0 Å². The predicted molar refractivity (Wildman–Crippen MR) is 78.1 cm³/mol. The fourth-order valence-corrected chi connectivity index (χ4v) is 1.76. The third-order valence-corrected chi connectivity index (χ3v) is 2.93. The molecule has 0 aliphatic carbocycles. The van der Waals surface area contributed by atoms with Crippen molar-refractivity contribution in [1.82, 2.24) is 5.32 Å². The molecule has 0 aliphatic rings. The number of ether oxygens (including phenoxy) is 2. The lowest BCUT2D eigenvalue weighted by Crippen LogP contribution is -2.23. The van der Waals surface area contributed by atoms with Crippen molar-refractivity contribution in [2.24, 2.45) is 0 Å². The zero-order valence-corrected chi connectivity index (χ0v) is 11.7. The molecule has 5 heteroatoms. The highest BCUT2D eigenvalue weighted by molar-refractivity contribution is 5.67. The Hall–Kier alpha value is -2.69. The van der Waals surface area contributed by atoms with Gasteiger partial charge in [-0.25, -0.2) is 4.79 Å². The Morgan fingerprint density at radius 2 is 1.95 bits per heavy atom. The van der Waals surface area contributed by atoms with E-state index in [0.717, 1.165) is 5.56 Å². The van der Waals surface area contributed by atoms with E-state index in [-0.39, 0.29) is 18.9 Å². The number of carbonyl (C=O) groups is 1. The van der Waals surface area contributed by atoms with Gasteiger partial charge in [-0.2, -0.15) is 0 Å². The largest absolute Gasteiger partial charge is 0.507 e. The molecule has 0 spiro atoms. The van der Waals surface area contributed by atoms with Crippen LogP contribution in [-0.4, -0.2) is 18.3 Å². The van der Waals surface area contributed by atoms with Crippen molar-refractivity contribution in [1.29, 1.82) is 0 Å². The average Bonchev–Trinajstić information content (AvgIpc) is 2.52. The number of phenolic OH excluding ortho intramolecular Hbond substituents is 1. The van der Waals surface area contributed by atoms with E-state index in [4.69, 9.17) is 9.47 Å². The lowest BCUT2D eigenvalue weighted by Gasteiger charge is -2.09. The molecule has 2 aromatic rings. The molecule has 0 atom stereocenters. The minimum absolute atomic E-state index is 0.0673. The van der Waals surface area contributed by atoms with Crippen molar-refractivity contribution in [3.8, 4) is 11.5 Å². The van der Waals surface area contributed by atoms with Crippen LogP contribution in [0.5, 0.6) is 11.5 Å². The maximum Gasteiger partial charge on any atom is 0.407 e. The van der Waals surface area contributed by atoms with Crippen molar-refractivity contribution in [3.63, 3.8) is 0 Å². The summed E-state index contributed by atoms with van der Waals surface area (Å²) in [4.78, 5) is 11.6. The summed E-state index contributed by atoms with van der Waals surface area (Å²) in [6.45, 7) is 0.394. The fourth-order valence-electron chi connectivity index (χ4n) is 1.76. The fraction of sp³-hybridized carbons (Fsp3) is 0.188. The van der Waals surface area contributed by atoms with Crippen LogP contribution < -0.4 is 10.1 Å². The Kier molecular flexibility index (Phi) is 5.04. The summed E-state index contributed by atoms with van der Waals surface area (Å²) in [7, 11) is 1.52. The summed E-state index contributed by atoms with van der Waals surface area (Å²) < 4.78 is 10.1. The SMILES string of the molecule is COc1ccc(CNC(=O)OCc2ccccc2)c(O)c1. The molecule has 2 rings (SSSR count). The van der Waals surface area contributed by atoms with Crippen molar-refractivity contribution in [2.45, 2.75) is 13.2 Å². The minimum Gasteiger partial charge on any atom is -0.507 e. The zero-order valence-electron chi connectivity index (χ0n) is 11.7. The van der Waals surface area contributed by atoms with E-state index in [1.807, 2.05) is 30.3 Å².